The zero-order valence-corrected chi connectivity index (χ0v) is 17.1. The molecule has 0 heterocycles. The molecule has 0 aromatic heterocycles. The van der Waals surface area contributed by atoms with Crippen LogP contribution in [0.2, 0.25) is 0 Å². The Morgan fingerprint density at radius 3 is 1.55 bits per heavy atom. The van der Waals surface area contributed by atoms with Gasteiger partial charge in [-0.05, 0) is 65.7 Å². The molecule has 0 fully saturated rings. The Bertz CT molecular complexity index is 384. The van der Waals surface area contributed by atoms with Gasteiger partial charge in [0, 0.05) is 0 Å². The Morgan fingerprint density at radius 2 is 1.30 bits per heavy atom. The van der Waals surface area contributed by atoms with Crippen LogP contribution in [-0.2, 0) is 24.6 Å². The molecule has 3 heteroatoms. The molecular formula is C17H29ClPPd+. The van der Waals surface area contributed by atoms with Crippen LogP contribution in [0.1, 0.15) is 54.0 Å². The van der Waals surface area contributed by atoms with Gasteiger partial charge in [-0.1, -0.05) is 26.3 Å². The molecule has 0 aliphatic carbocycles. The van der Waals surface area contributed by atoms with Crippen LogP contribution in [0.15, 0.2) is 24.3 Å². The van der Waals surface area contributed by atoms with Crippen LogP contribution in [-0.4, -0.2) is 10.3 Å². The molecule has 20 heavy (non-hydrogen) atoms. The van der Waals surface area contributed by atoms with E-state index in [4.69, 9.17) is 6.66 Å². The Kier molecular flexibility index (Phi) is 7.97. The minimum absolute atomic E-state index is 0.235. The molecule has 0 bridgehead atoms. The molecule has 0 saturated carbocycles. The summed E-state index contributed by atoms with van der Waals surface area (Å²) in [6.07, 6.45) is 1.11. The first-order valence-electron chi connectivity index (χ1n) is 6.99. The fourth-order valence-corrected chi connectivity index (χ4v) is 6.99. The van der Waals surface area contributed by atoms with E-state index < -0.39 is 7.26 Å². The van der Waals surface area contributed by atoms with Gasteiger partial charge < -0.3 is 0 Å². The van der Waals surface area contributed by atoms with E-state index in [1.54, 1.807) is 0 Å². The van der Waals surface area contributed by atoms with Crippen molar-refractivity contribution in [3.63, 3.8) is 0 Å². The van der Waals surface area contributed by atoms with Crippen molar-refractivity contribution in [2.24, 2.45) is 0 Å². The molecule has 1 aromatic carbocycles. The number of aryl methyl sites for hydroxylation is 1. The van der Waals surface area contributed by atoms with Crippen molar-refractivity contribution in [2.45, 2.75) is 65.2 Å². The zero-order valence-electron chi connectivity index (χ0n) is 13.9. The molecule has 0 saturated heterocycles. The summed E-state index contributed by atoms with van der Waals surface area (Å²) >= 11 is 2.22. The summed E-state index contributed by atoms with van der Waals surface area (Å²) in [6, 6.07) is 9.17. The van der Waals surface area contributed by atoms with Crippen molar-refractivity contribution in [3.8, 4) is 0 Å². The van der Waals surface area contributed by atoms with E-state index >= 15 is 0 Å². The first kappa shape index (κ1) is 20.6. The summed E-state index contributed by atoms with van der Waals surface area (Å²) < 4.78 is 0. The van der Waals surface area contributed by atoms with Crippen molar-refractivity contribution in [1.82, 2.24) is 0 Å². The number of halogens is 1. The molecule has 118 valence electrons. The van der Waals surface area contributed by atoms with Crippen LogP contribution in [0.25, 0.3) is 0 Å². The molecule has 0 aliphatic heterocycles. The molecule has 0 aliphatic rings. The molecule has 1 aromatic rings. The fourth-order valence-electron chi connectivity index (χ4n) is 2.77. The van der Waals surface area contributed by atoms with Gasteiger partial charge in [0.25, 0.3) is 0 Å². The van der Waals surface area contributed by atoms with E-state index in [1.807, 2.05) is 0 Å². The first-order valence-corrected chi connectivity index (χ1v) is 11.0. The van der Waals surface area contributed by atoms with E-state index in [2.05, 4.69) is 100 Å². The molecule has 1 rings (SSSR count). The maximum atomic E-state index is 4.75. The standard InChI is InChI=1S/C17H29P.ClH.Pd/c1-9-14-10-12-15(13-11-14)18(8,16(2,3)4)17(5,6)7;;/h10-13H,8-9H2,1-7H3;1H;/q;;+2/p-1. The quantitative estimate of drug-likeness (QED) is 0.323. The van der Waals surface area contributed by atoms with Crippen molar-refractivity contribution < 1.29 is 18.2 Å². The van der Waals surface area contributed by atoms with E-state index in [9.17, 15) is 0 Å². The Hall–Kier alpha value is 0.602. The monoisotopic (exact) mass is 405 g/mol. The van der Waals surface area contributed by atoms with Gasteiger partial charge in [0.05, 0.1) is 15.6 Å². The van der Waals surface area contributed by atoms with E-state index in [1.165, 1.54) is 10.9 Å². The molecule has 0 atom stereocenters. The van der Waals surface area contributed by atoms with Crippen LogP contribution in [0.3, 0.4) is 0 Å². The van der Waals surface area contributed by atoms with Crippen LogP contribution < -0.4 is 5.30 Å². The first-order chi connectivity index (χ1) is 9.04. The summed E-state index contributed by atoms with van der Waals surface area (Å²) in [7, 11) is 3.02. The second kappa shape index (κ2) is 7.74. The number of hydrogen-bond acceptors (Lipinski definition) is 0. The average Bonchev–Trinajstić information content (AvgIpc) is 2.37. The minimum atomic E-state index is -1.47. The molecule has 0 radical (unpaired) electrons. The van der Waals surface area contributed by atoms with Gasteiger partial charge in [-0.3, -0.25) is 0 Å². The van der Waals surface area contributed by atoms with Crippen LogP contribution >= 0.6 is 16.8 Å². The summed E-state index contributed by atoms with van der Waals surface area (Å²) in [5, 5.41) is 1.93. The Balaban J connectivity index is 0.00000172. The van der Waals surface area contributed by atoms with Crippen molar-refractivity contribution in [1.29, 1.82) is 0 Å². The van der Waals surface area contributed by atoms with Gasteiger partial charge in [-0.15, -0.1) is 0 Å². The van der Waals surface area contributed by atoms with Crippen LogP contribution in [0, 0.1) is 6.66 Å². The Morgan fingerprint density at radius 1 is 0.950 bits per heavy atom. The molecular weight excluding hydrogens is 377 g/mol. The van der Waals surface area contributed by atoms with Crippen LogP contribution in [0.5, 0.6) is 0 Å². The number of benzene rings is 1. The summed E-state index contributed by atoms with van der Waals surface area (Å²) in [6.45, 7) is 21.0. The van der Waals surface area contributed by atoms with Crippen molar-refractivity contribution in [2.75, 3.05) is 0 Å². The van der Waals surface area contributed by atoms with Crippen molar-refractivity contribution >= 4 is 22.1 Å². The third-order valence-corrected chi connectivity index (χ3v) is 9.84. The maximum absolute atomic E-state index is 4.75. The van der Waals surface area contributed by atoms with Gasteiger partial charge in [-0.2, -0.15) is 6.66 Å². The van der Waals surface area contributed by atoms with Gasteiger partial charge in [0.1, 0.15) is 0 Å². The topological polar surface area (TPSA) is 0 Å². The SMILES string of the molecule is [CH2-][P+](c1ccc(CC)cc1)(C(C)(C)C)C(C)(C)C.[Cl][Pd+]. The predicted octanol–water partition coefficient (Wildman–Crippen LogP) is 5.97. The second-order valence-corrected chi connectivity index (χ2v) is 12.0. The zero-order chi connectivity index (χ0) is 16.2. The normalized spacial score (nSPS) is 12.8. The average molecular weight is 406 g/mol. The van der Waals surface area contributed by atoms with E-state index in [0.717, 1.165) is 6.42 Å². The Labute approximate surface area is 141 Å². The molecule has 0 unspecified atom stereocenters. The third kappa shape index (κ3) is 4.30. The van der Waals surface area contributed by atoms with Crippen LogP contribution in [0.4, 0.5) is 0 Å². The molecule has 0 spiro atoms. The number of hydrogen-bond donors (Lipinski definition) is 0. The van der Waals surface area contributed by atoms with Gasteiger partial charge in [0.15, 0.2) is 0 Å². The summed E-state index contributed by atoms with van der Waals surface area (Å²) in [4.78, 5) is 0. The molecule has 0 N–H and O–H groups in total. The summed E-state index contributed by atoms with van der Waals surface area (Å²) in [5.74, 6) is 0. The summed E-state index contributed by atoms with van der Waals surface area (Å²) in [5.41, 5.74) is 1.41. The second-order valence-electron chi connectivity index (χ2n) is 7.17. The van der Waals surface area contributed by atoms with Gasteiger partial charge >= 0.3 is 27.7 Å². The fraction of sp³-hybridized carbons (Fsp3) is 0.588. The van der Waals surface area contributed by atoms with Gasteiger partial charge in [0.2, 0.25) is 0 Å². The third-order valence-electron chi connectivity index (χ3n) is 4.08. The van der Waals surface area contributed by atoms with Gasteiger partial charge in [-0.25, -0.2) is 0 Å². The molecule has 0 nitrogen and oxygen atoms in total. The van der Waals surface area contributed by atoms with Crippen molar-refractivity contribution in [3.05, 3.63) is 36.5 Å². The van der Waals surface area contributed by atoms with E-state index in [0.29, 0.717) is 0 Å². The molecule has 0 amide bonds. The predicted molar refractivity (Wildman–Crippen MR) is 93.1 cm³/mol. The number of rotatable bonds is 2. The van der Waals surface area contributed by atoms with E-state index in [-0.39, 0.29) is 10.3 Å².